The van der Waals surface area contributed by atoms with Gasteiger partial charge < -0.3 is 14.6 Å². The third-order valence-electron chi connectivity index (χ3n) is 8.94. The van der Waals surface area contributed by atoms with E-state index in [9.17, 15) is 14.7 Å². The summed E-state index contributed by atoms with van der Waals surface area (Å²) in [6.07, 6.45) is -0.786. The quantitative estimate of drug-likeness (QED) is 0.129. The number of fused-ring (bicyclic) bond motifs is 1. The molecule has 0 bridgehead atoms. The van der Waals surface area contributed by atoms with E-state index in [2.05, 4.69) is 31.2 Å². The Labute approximate surface area is 279 Å². The number of rotatable bonds is 9. The summed E-state index contributed by atoms with van der Waals surface area (Å²) < 4.78 is 13.3. The zero-order chi connectivity index (χ0) is 32.3. The minimum absolute atomic E-state index is 0.00145. The van der Waals surface area contributed by atoms with Gasteiger partial charge >= 0.3 is 0 Å². The maximum Gasteiger partial charge on any atom is 0.261 e. The zero-order valence-electron chi connectivity index (χ0n) is 26.0. The van der Waals surface area contributed by atoms with Gasteiger partial charge in [-0.1, -0.05) is 104 Å². The lowest BCUT2D eigenvalue weighted by Crippen LogP contribution is -2.38. The summed E-state index contributed by atoms with van der Waals surface area (Å²) in [5, 5.41) is 9.56. The van der Waals surface area contributed by atoms with Gasteiger partial charge in [-0.3, -0.25) is 14.5 Å². The number of nitrogens with zero attached hydrogens (tertiary/aromatic N) is 1. The highest BCUT2D eigenvalue weighted by molar-refractivity contribution is 7.99. The van der Waals surface area contributed by atoms with E-state index in [1.54, 1.807) is 36.0 Å². The summed E-state index contributed by atoms with van der Waals surface area (Å²) in [7, 11) is 0. The van der Waals surface area contributed by atoms with Crippen LogP contribution in [0.5, 0.6) is 0 Å². The molecule has 236 valence electrons. The lowest BCUT2D eigenvalue weighted by molar-refractivity contribution is -0.268. The summed E-state index contributed by atoms with van der Waals surface area (Å²) in [4.78, 5) is 28.4. The van der Waals surface area contributed by atoms with E-state index in [1.807, 2.05) is 78.9 Å². The molecule has 6 nitrogen and oxygen atoms in total. The van der Waals surface area contributed by atoms with Crippen molar-refractivity contribution in [2.45, 2.75) is 43.5 Å². The average Bonchev–Trinajstić information content (AvgIpc) is 3.36. The van der Waals surface area contributed by atoms with Gasteiger partial charge in [-0.05, 0) is 58.1 Å². The predicted molar refractivity (Wildman–Crippen MR) is 183 cm³/mol. The molecule has 2 amide bonds. The Morgan fingerprint density at radius 1 is 0.681 bits per heavy atom. The summed E-state index contributed by atoms with van der Waals surface area (Å²) in [5.41, 5.74) is 6.64. The Bertz CT molecular complexity index is 1840. The molecule has 1 saturated heterocycles. The summed E-state index contributed by atoms with van der Waals surface area (Å²) in [6.45, 7) is 2.39. The van der Waals surface area contributed by atoms with E-state index in [1.165, 1.54) is 9.80 Å². The summed E-state index contributed by atoms with van der Waals surface area (Å²) in [5.74, 6) is 0.371. The Morgan fingerprint density at radius 3 is 2.02 bits per heavy atom. The molecule has 0 radical (unpaired) electrons. The second-order valence-electron chi connectivity index (χ2n) is 12.0. The molecule has 0 aromatic heterocycles. The monoisotopic (exact) mass is 641 g/mol. The minimum atomic E-state index is -0.552. The molecule has 2 aliphatic rings. The second-order valence-corrected chi connectivity index (χ2v) is 13.1. The number of imide groups is 1. The predicted octanol–water partition coefficient (Wildman–Crippen LogP) is 8.23. The van der Waals surface area contributed by atoms with E-state index in [0.29, 0.717) is 11.1 Å². The number of benzene rings is 5. The first-order valence-electron chi connectivity index (χ1n) is 15.8. The Morgan fingerprint density at radius 2 is 1.34 bits per heavy atom. The van der Waals surface area contributed by atoms with Gasteiger partial charge in [-0.2, -0.15) is 0 Å². The number of carbonyl (C=O) groups is 2. The van der Waals surface area contributed by atoms with E-state index in [-0.39, 0.29) is 43.1 Å². The molecule has 4 atom stereocenters. The largest absolute Gasteiger partial charge is 0.392 e. The molecule has 0 aliphatic carbocycles. The highest BCUT2D eigenvalue weighted by atomic mass is 32.2. The second kappa shape index (κ2) is 13.7. The molecule has 47 heavy (non-hydrogen) atoms. The first-order chi connectivity index (χ1) is 23.0. The van der Waals surface area contributed by atoms with Crippen molar-refractivity contribution in [3.63, 3.8) is 0 Å². The van der Waals surface area contributed by atoms with Gasteiger partial charge in [0.2, 0.25) is 0 Å². The molecule has 0 spiro atoms. The van der Waals surface area contributed by atoms with Crippen LogP contribution in [0, 0.1) is 5.92 Å². The van der Waals surface area contributed by atoms with Crippen LogP contribution >= 0.6 is 11.8 Å². The van der Waals surface area contributed by atoms with E-state index < -0.39 is 6.29 Å². The molecular weight excluding hydrogens is 607 g/mol. The highest BCUT2D eigenvalue weighted by Gasteiger charge is 2.38. The van der Waals surface area contributed by atoms with E-state index in [0.717, 1.165) is 39.1 Å². The maximum absolute atomic E-state index is 12.9. The van der Waals surface area contributed by atoms with E-state index in [4.69, 9.17) is 9.47 Å². The number of aliphatic hydroxyl groups is 1. The van der Waals surface area contributed by atoms with Crippen molar-refractivity contribution in [1.82, 2.24) is 4.90 Å². The third-order valence-corrected chi connectivity index (χ3v) is 10.0. The Kier molecular flexibility index (Phi) is 9.05. The number of amides is 2. The highest BCUT2D eigenvalue weighted by Crippen LogP contribution is 2.43. The maximum atomic E-state index is 12.9. The molecule has 0 saturated carbocycles. The number of hydrogen-bond donors (Lipinski definition) is 1. The van der Waals surface area contributed by atoms with Gasteiger partial charge in [-0.15, -0.1) is 11.8 Å². The van der Waals surface area contributed by atoms with Crippen molar-refractivity contribution in [1.29, 1.82) is 0 Å². The van der Waals surface area contributed by atoms with Crippen molar-refractivity contribution in [3.05, 3.63) is 161 Å². The van der Waals surface area contributed by atoms with Crippen molar-refractivity contribution >= 4 is 23.6 Å². The van der Waals surface area contributed by atoms with Crippen LogP contribution in [0.4, 0.5) is 0 Å². The molecule has 7 heteroatoms. The van der Waals surface area contributed by atoms with E-state index >= 15 is 0 Å². The summed E-state index contributed by atoms with van der Waals surface area (Å²) in [6, 6.07) is 41.4. The molecule has 2 heterocycles. The first-order valence-corrected chi connectivity index (χ1v) is 16.8. The molecule has 5 aromatic carbocycles. The van der Waals surface area contributed by atoms with Gasteiger partial charge in [0.15, 0.2) is 6.29 Å². The normalized spacial score (nSPS) is 20.8. The molecule has 1 N–H and O–H groups in total. The van der Waals surface area contributed by atoms with Crippen molar-refractivity contribution in [3.8, 4) is 11.1 Å². The van der Waals surface area contributed by atoms with Gasteiger partial charge in [0.25, 0.3) is 11.8 Å². The van der Waals surface area contributed by atoms with Crippen LogP contribution in [-0.2, 0) is 22.6 Å². The topological polar surface area (TPSA) is 76.1 Å². The van der Waals surface area contributed by atoms with Crippen molar-refractivity contribution in [2.24, 2.45) is 5.92 Å². The van der Waals surface area contributed by atoms with Crippen LogP contribution in [0.1, 0.15) is 62.3 Å². The van der Waals surface area contributed by atoms with Crippen molar-refractivity contribution in [2.75, 3.05) is 5.75 Å². The lowest BCUT2D eigenvalue weighted by atomic mass is 9.91. The third kappa shape index (κ3) is 6.53. The first kappa shape index (κ1) is 31.1. The fourth-order valence-corrected chi connectivity index (χ4v) is 7.34. The van der Waals surface area contributed by atoms with Crippen LogP contribution in [0.2, 0.25) is 0 Å². The fraction of sp³-hybridized carbons (Fsp3) is 0.200. The number of ether oxygens (including phenoxy) is 2. The Balaban J connectivity index is 1.10. The number of thioether (sulfide) groups is 1. The number of aliphatic hydroxyl groups excluding tert-OH is 1. The summed E-state index contributed by atoms with van der Waals surface area (Å²) >= 11 is 1.78. The smallest absolute Gasteiger partial charge is 0.261 e. The molecule has 7 rings (SSSR count). The van der Waals surface area contributed by atoms with Gasteiger partial charge in [0, 0.05) is 22.1 Å². The average molecular weight is 642 g/mol. The SMILES string of the molecule is C[C@@H]1[C@H](CSc2ccccc2)O[C@H](c2ccc(-c3cccc(CN4C(=O)c5ccccc5C4=O)c3)cc2)O[C@@H]1c1ccc(CO)cc1. The fourth-order valence-electron chi connectivity index (χ4n) is 6.25. The van der Waals surface area contributed by atoms with Crippen molar-refractivity contribution < 1.29 is 24.2 Å². The molecule has 5 aromatic rings. The number of hydrogen-bond acceptors (Lipinski definition) is 6. The lowest BCUT2D eigenvalue weighted by Gasteiger charge is -2.41. The minimum Gasteiger partial charge on any atom is -0.392 e. The molecule has 0 unspecified atom stereocenters. The van der Waals surface area contributed by atoms with Crippen LogP contribution in [0.25, 0.3) is 11.1 Å². The van der Waals surface area contributed by atoms with Crippen LogP contribution in [0.15, 0.2) is 132 Å². The van der Waals surface area contributed by atoms with Gasteiger partial charge in [0.05, 0.1) is 36.5 Å². The van der Waals surface area contributed by atoms with Crippen LogP contribution < -0.4 is 0 Å². The Hall–Kier alpha value is -4.53. The van der Waals surface area contributed by atoms with Crippen LogP contribution in [-0.4, -0.2) is 33.7 Å². The molecular formula is C40H35NO5S. The van der Waals surface area contributed by atoms with Crippen LogP contribution in [0.3, 0.4) is 0 Å². The van der Waals surface area contributed by atoms with Gasteiger partial charge in [-0.25, -0.2) is 0 Å². The molecule has 1 fully saturated rings. The zero-order valence-corrected chi connectivity index (χ0v) is 26.8. The standard InChI is InChI=1S/C40H35NO5S/c1-26-36(25-47-33-10-3-2-4-11-33)45-40(46-37(26)30-16-14-27(24-42)15-17-30)31-20-18-29(19-21-31)32-9-7-8-28(22-32)23-41-38(43)34-12-5-6-13-35(34)39(41)44/h2-22,26,36-37,40,42H,23-25H2,1H3/t26-,36+,37+,40+/m1/s1. The van der Waals surface area contributed by atoms with Gasteiger partial charge in [0.1, 0.15) is 0 Å². The number of carbonyl (C=O) groups excluding carboxylic acids is 2. The molecule has 2 aliphatic heterocycles.